The van der Waals surface area contributed by atoms with Crippen molar-refractivity contribution >= 4 is 18.3 Å². The molecule has 1 aliphatic carbocycles. The van der Waals surface area contributed by atoms with Crippen LogP contribution >= 0.6 is 12.4 Å². The molecule has 0 bridgehead atoms. The molecule has 1 unspecified atom stereocenters. The van der Waals surface area contributed by atoms with Crippen LogP contribution in [0.4, 0.5) is 0 Å². The van der Waals surface area contributed by atoms with Crippen molar-refractivity contribution in [3.8, 4) is 0 Å². The number of nitrogens with zero attached hydrogens (tertiary/aromatic N) is 2. The van der Waals surface area contributed by atoms with Gasteiger partial charge in [0, 0.05) is 19.6 Å². The molecule has 2 aliphatic heterocycles. The first-order valence-electron chi connectivity index (χ1n) is 6.85. The lowest BCUT2D eigenvalue weighted by atomic mass is 9.89. The third kappa shape index (κ3) is 3.16. The van der Waals surface area contributed by atoms with E-state index in [4.69, 9.17) is 0 Å². The number of hydrogen-bond donors (Lipinski definition) is 1. The van der Waals surface area contributed by atoms with E-state index < -0.39 is 0 Å². The maximum absolute atomic E-state index is 11.9. The topological polar surface area (TPSA) is 35.6 Å². The minimum Gasteiger partial charge on any atom is -0.328 e. The Kier molecular flexibility index (Phi) is 4.19. The summed E-state index contributed by atoms with van der Waals surface area (Å²) in [5.41, 5.74) is 0.371. The molecule has 1 N–H and O–H groups in total. The molecule has 0 spiro atoms. The summed E-state index contributed by atoms with van der Waals surface area (Å²) in [4.78, 5) is 16.3. The summed E-state index contributed by atoms with van der Waals surface area (Å²) in [6, 6.07) is 0. The van der Waals surface area contributed by atoms with Crippen LogP contribution in [-0.2, 0) is 4.79 Å². The lowest BCUT2D eigenvalue weighted by Crippen LogP contribution is -2.37. The Balaban J connectivity index is 0.00000120. The zero-order valence-corrected chi connectivity index (χ0v) is 12.0. The van der Waals surface area contributed by atoms with Crippen molar-refractivity contribution in [3.63, 3.8) is 0 Å². The van der Waals surface area contributed by atoms with Gasteiger partial charge >= 0.3 is 0 Å². The van der Waals surface area contributed by atoms with Crippen molar-refractivity contribution < 1.29 is 4.79 Å². The molecule has 2 saturated heterocycles. The molecule has 0 aromatic heterocycles. The van der Waals surface area contributed by atoms with Gasteiger partial charge < -0.3 is 10.2 Å². The molecule has 0 radical (unpaired) electrons. The Morgan fingerprint density at radius 2 is 2.22 bits per heavy atom. The predicted octanol–water partition coefficient (Wildman–Crippen LogP) is 0.919. The van der Waals surface area contributed by atoms with Gasteiger partial charge in [-0.1, -0.05) is 6.92 Å². The summed E-state index contributed by atoms with van der Waals surface area (Å²) in [6.07, 6.45) is 3.89. The smallest absolute Gasteiger partial charge is 0.237 e. The standard InChI is InChI=1S/C13H23N3O.ClH/c1-13(4-5-14-8-13)9-15-7-12(17)16(10-15)6-11-2-3-11;/h11,14H,2-10H2,1H3;1H. The largest absolute Gasteiger partial charge is 0.328 e. The summed E-state index contributed by atoms with van der Waals surface area (Å²) < 4.78 is 0. The third-order valence-corrected chi connectivity index (χ3v) is 4.32. The lowest BCUT2D eigenvalue weighted by molar-refractivity contribution is -0.126. The van der Waals surface area contributed by atoms with E-state index in [0.29, 0.717) is 17.9 Å². The van der Waals surface area contributed by atoms with Crippen LogP contribution in [0.5, 0.6) is 0 Å². The first kappa shape index (κ1) is 14.1. The number of nitrogens with one attached hydrogen (secondary N) is 1. The molecule has 104 valence electrons. The fraction of sp³-hybridized carbons (Fsp3) is 0.923. The van der Waals surface area contributed by atoms with Crippen LogP contribution in [0.25, 0.3) is 0 Å². The molecule has 3 rings (SSSR count). The molecule has 1 saturated carbocycles. The van der Waals surface area contributed by atoms with E-state index in [1.165, 1.54) is 19.3 Å². The van der Waals surface area contributed by atoms with Crippen molar-refractivity contribution in [3.05, 3.63) is 0 Å². The van der Waals surface area contributed by atoms with Gasteiger partial charge in [0.25, 0.3) is 0 Å². The number of carbonyl (C=O) groups is 1. The number of amides is 1. The summed E-state index contributed by atoms with van der Waals surface area (Å²) >= 11 is 0. The maximum atomic E-state index is 11.9. The number of hydrogen-bond acceptors (Lipinski definition) is 3. The SMILES string of the molecule is CC1(CN2CC(=O)N(CC3CC3)C2)CCNC1.Cl. The molecule has 0 aromatic carbocycles. The Morgan fingerprint density at radius 1 is 1.44 bits per heavy atom. The highest BCUT2D eigenvalue weighted by atomic mass is 35.5. The predicted molar refractivity (Wildman–Crippen MR) is 73.7 cm³/mol. The van der Waals surface area contributed by atoms with Gasteiger partial charge in [0.15, 0.2) is 0 Å². The fourth-order valence-electron chi connectivity index (χ4n) is 3.08. The Hall–Kier alpha value is -0.320. The van der Waals surface area contributed by atoms with Gasteiger partial charge in [-0.15, -0.1) is 12.4 Å². The molecule has 1 atom stereocenters. The molecule has 1 amide bonds. The van der Waals surface area contributed by atoms with E-state index in [1.807, 2.05) is 0 Å². The van der Waals surface area contributed by atoms with Crippen LogP contribution in [-0.4, -0.2) is 55.1 Å². The monoisotopic (exact) mass is 273 g/mol. The van der Waals surface area contributed by atoms with E-state index in [2.05, 4.69) is 22.0 Å². The second-order valence-electron chi connectivity index (χ2n) is 6.43. The van der Waals surface area contributed by atoms with Gasteiger partial charge in [0.05, 0.1) is 13.2 Å². The van der Waals surface area contributed by atoms with E-state index in [9.17, 15) is 4.79 Å². The van der Waals surface area contributed by atoms with Gasteiger partial charge in [-0.3, -0.25) is 9.69 Å². The summed E-state index contributed by atoms with van der Waals surface area (Å²) in [7, 11) is 0. The fourth-order valence-corrected chi connectivity index (χ4v) is 3.08. The molecule has 0 aromatic rings. The minimum absolute atomic E-state index is 0. The lowest BCUT2D eigenvalue weighted by Gasteiger charge is -2.28. The van der Waals surface area contributed by atoms with Crippen LogP contribution in [0.1, 0.15) is 26.2 Å². The molecule has 18 heavy (non-hydrogen) atoms. The zero-order chi connectivity index (χ0) is 11.9. The molecular formula is C13H24ClN3O. The molecule has 2 heterocycles. The van der Waals surface area contributed by atoms with Gasteiger partial charge in [0.2, 0.25) is 5.91 Å². The normalized spacial score (nSPS) is 32.9. The van der Waals surface area contributed by atoms with Crippen LogP contribution in [0.3, 0.4) is 0 Å². The van der Waals surface area contributed by atoms with Crippen molar-refractivity contribution in [2.75, 3.05) is 39.4 Å². The van der Waals surface area contributed by atoms with Gasteiger partial charge in [-0.05, 0) is 37.1 Å². The maximum Gasteiger partial charge on any atom is 0.237 e. The summed E-state index contributed by atoms with van der Waals surface area (Å²) in [5.74, 6) is 1.15. The van der Waals surface area contributed by atoms with Crippen LogP contribution < -0.4 is 5.32 Å². The second kappa shape index (κ2) is 5.35. The second-order valence-corrected chi connectivity index (χ2v) is 6.43. The van der Waals surface area contributed by atoms with E-state index in [-0.39, 0.29) is 12.4 Å². The molecular weight excluding hydrogens is 250 g/mol. The third-order valence-electron chi connectivity index (χ3n) is 4.32. The van der Waals surface area contributed by atoms with Gasteiger partial charge in [-0.2, -0.15) is 0 Å². The van der Waals surface area contributed by atoms with Gasteiger partial charge in [-0.25, -0.2) is 0 Å². The molecule has 5 heteroatoms. The van der Waals surface area contributed by atoms with Gasteiger partial charge in [0.1, 0.15) is 0 Å². The Morgan fingerprint density at radius 3 is 2.83 bits per heavy atom. The highest BCUT2D eigenvalue weighted by Gasteiger charge is 2.37. The number of carbonyl (C=O) groups excluding carboxylic acids is 1. The highest BCUT2D eigenvalue weighted by molar-refractivity contribution is 5.85. The summed E-state index contributed by atoms with van der Waals surface area (Å²) in [6.45, 7) is 8.13. The Bertz CT molecular complexity index is 313. The van der Waals surface area contributed by atoms with Crippen LogP contribution in [0.15, 0.2) is 0 Å². The van der Waals surface area contributed by atoms with E-state index in [1.54, 1.807) is 0 Å². The Labute approximate surface area is 115 Å². The zero-order valence-electron chi connectivity index (χ0n) is 11.2. The first-order chi connectivity index (χ1) is 8.15. The van der Waals surface area contributed by atoms with Crippen molar-refractivity contribution in [1.82, 2.24) is 15.1 Å². The van der Waals surface area contributed by atoms with Crippen LogP contribution in [0.2, 0.25) is 0 Å². The van der Waals surface area contributed by atoms with E-state index >= 15 is 0 Å². The average Bonchev–Trinajstić information content (AvgIpc) is 2.89. The number of rotatable bonds is 4. The van der Waals surface area contributed by atoms with Crippen molar-refractivity contribution in [1.29, 1.82) is 0 Å². The number of halogens is 1. The quantitative estimate of drug-likeness (QED) is 0.827. The van der Waals surface area contributed by atoms with Crippen molar-refractivity contribution in [2.24, 2.45) is 11.3 Å². The van der Waals surface area contributed by atoms with Crippen LogP contribution in [0, 0.1) is 11.3 Å². The summed E-state index contributed by atoms with van der Waals surface area (Å²) in [5, 5.41) is 3.43. The molecule has 3 aliphatic rings. The highest BCUT2D eigenvalue weighted by Crippen LogP contribution is 2.31. The molecule has 3 fully saturated rings. The average molecular weight is 274 g/mol. The minimum atomic E-state index is 0. The van der Waals surface area contributed by atoms with E-state index in [0.717, 1.165) is 38.8 Å². The van der Waals surface area contributed by atoms with Crippen molar-refractivity contribution in [2.45, 2.75) is 26.2 Å². The molecule has 4 nitrogen and oxygen atoms in total. The first-order valence-corrected chi connectivity index (χ1v) is 6.85.